The van der Waals surface area contributed by atoms with Crippen LogP contribution in [0.2, 0.25) is 54.4 Å². The van der Waals surface area contributed by atoms with Gasteiger partial charge in [-0.15, -0.1) is 0 Å². The first-order valence-corrected chi connectivity index (χ1v) is 28.1. The van der Waals surface area contributed by atoms with E-state index in [9.17, 15) is 7.54 Å². The van der Waals surface area contributed by atoms with Crippen molar-refractivity contribution in [2.45, 2.75) is 189 Å². The van der Waals surface area contributed by atoms with Crippen molar-refractivity contribution in [3.8, 4) is 0 Å². The van der Waals surface area contributed by atoms with Crippen molar-refractivity contribution < 1.29 is 25.6 Å². The summed E-state index contributed by atoms with van der Waals surface area (Å²) in [5, 5.41) is -0.189. The Morgan fingerprint density at radius 1 is 0.878 bits per heavy atom. The highest BCUT2D eigenvalue weighted by Gasteiger charge is 2.69. The van der Waals surface area contributed by atoms with Crippen LogP contribution >= 0.6 is 0 Å². The molecule has 49 heavy (non-hydrogen) atoms. The third-order valence-corrected chi connectivity index (χ3v) is 28.9. The lowest BCUT2D eigenvalue weighted by atomic mass is 9.39. The van der Waals surface area contributed by atoms with Gasteiger partial charge in [-0.05, 0) is 135 Å². The van der Waals surface area contributed by atoms with Gasteiger partial charge in [-0.1, -0.05) is 83.1 Å². The predicted molar refractivity (Wildman–Crippen MR) is 215 cm³/mol. The maximum atomic E-state index is 14.3. The third-order valence-electron chi connectivity index (χ3n) is 15.5. The summed E-state index contributed by atoms with van der Waals surface area (Å²) >= 11 is 0. The van der Waals surface area contributed by atoms with Crippen LogP contribution in [0.1, 0.15) is 125 Å². The number of allylic oxidation sites excluding steroid dienone is 2. The van der Waals surface area contributed by atoms with E-state index in [0.29, 0.717) is 17.6 Å². The van der Waals surface area contributed by atoms with Crippen molar-refractivity contribution in [2.75, 3.05) is 13.7 Å². The fraction of sp³-hybridized carbons (Fsp3) is 0.927. The molecule has 3 aliphatic carbocycles. The van der Waals surface area contributed by atoms with Crippen molar-refractivity contribution >= 4 is 30.7 Å². The van der Waals surface area contributed by atoms with Gasteiger partial charge in [0.05, 0.1) is 15.3 Å². The Bertz CT molecular complexity index is 1280. The molecular formula is C41H80O5Si3. The minimum atomic E-state index is -2.52. The van der Waals surface area contributed by atoms with Gasteiger partial charge in [0.15, 0.2) is 25.0 Å². The maximum Gasteiger partial charge on any atom is 0.192 e. The fourth-order valence-corrected chi connectivity index (χ4v) is 14.7. The number of carbonyl (C=O) groups is 1. The van der Waals surface area contributed by atoms with Crippen LogP contribution in [0.3, 0.4) is 0 Å². The minimum absolute atomic E-state index is 0.000630. The molecule has 0 aromatic rings. The molecule has 8 heteroatoms. The molecule has 5 nitrogen and oxygen atoms in total. The van der Waals surface area contributed by atoms with Crippen LogP contribution < -0.4 is 0 Å². The predicted octanol–water partition coefficient (Wildman–Crippen LogP) is 12.0. The molecule has 2 fully saturated rings. The zero-order valence-corrected chi connectivity index (χ0v) is 38.5. The number of carbonyl (C=O) groups excluding carboxylic acids is 1. The van der Waals surface area contributed by atoms with Gasteiger partial charge >= 0.3 is 0 Å². The van der Waals surface area contributed by atoms with Crippen LogP contribution in [0.25, 0.3) is 0 Å². The average Bonchev–Trinajstić information content (AvgIpc) is 2.96. The van der Waals surface area contributed by atoms with Gasteiger partial charge in [-0.25, -0.2) is 0 Å². The summed E-state index contributed by atoms with van der Waals surface area (Å²) in [6, 6.07) is 3.37. The second-order valence-electron chi connectivity index (χ2n) is 20.2. The first kappa shape index (κ1) is 39.9. The highest BCUT2D eigenvalue weighted by molar-refractivity contribution is 6.74. The number of ether oxygens (including phenoxy) is 1. The topological polar surface area (TPSA) is 54.0 Å². The zero-order chi connectivity index (χ0) is 39.6. The Hall–Kier alpha value is -0.259. The van der Waals surface area contributed by atoms with Gasteiger partial charge < -0.3 is 18.0 Å². The first-order chi connectivity index (χ1) is 22.9. The Morgan fingerprint density at radius 2 is 1.41 bits per heavy atom. The molecule has 0 saturated heterocycles. The summed E-state index contributed by atoms with van der Waals surface area (Å²) in [6.07, 6.45) is 5.37. The van der Waals surface area contributed by atoms with E-state index in [1.165, 1.54) is 0 Å². The van der Waals surface area contributed by atoms with E-state index in [1.807, 2.05) is 6.92 Å². The molecule has 0 spiro atoms. The van der Waals surface area contributed by atoms with Crippen LogP contribution in [0.4, 0.5) is 0 Å². The van der Waals surface area contributed by atoms with Gasteiger partial charge in [0, 0.05) is 18.8 Å². The Kier molecular flexibility index (Phi) is 11.8. The molecule has 0 amide bonds. The van der Waals surface area contributed by atoms with Gasteiger partial charge in [0.2, 0.25) is 0 Å². The van der Waals surface area contributed by atoms with Crippen LogP contribution in [-0.4, -0.2) is 56.6 Å². The van der Waals surface area contributed by atoms with E-state index in [0.717, 1.165) is 37.4 Å². The Balaban J connectivity index is 2.41. The quantitative estimate of drug-likeness (QED) is 0.176. The minimum Gasteiger partial charge on any atom is -0.500 e. The van der Waals surface area contributed by atoms with E-state index < -0.39 is 47.8 Å². The molecule has 0 aromatic carbocycles. The van der Waals surface area contributed by atoms with E-state index in [4.69, 9.17) is 18.0 Å². The summed E-state index contributed by atoms with van der Waals surface area (Å²) in [7, 11) is -5.07. The molecule has 0 bridgehead atoms. The molecule has 0 heterocycles. The molecule has 3 rings (SSSR count). The molecule has 0 aliphatic heterocycles. The van der Waals surface area contributed by atoms with E-state index in [1.54, 1.807) is 14.0 Å². The maximum absolute atomic E-state index is 14.3. The van der Waals surface area contributed by atoms with Crippen LogP contribution in [-0.2, 0) is 22.8 Å². The number of hydrogen-bond acceptors (Lipinski definition) is 5. The summed E-state index contributed by atoms with van der Waals surface area (Å²) < 4.78 is 47.5. The molecule has 0 unspecified atom stereocenters. The largest absolute Gasteiger partial charge is 0.500 e. The fourth-order valence-electron chi connectivity index (χ4n) is 9.69. The lowest BCUT2D eigenvalue weighted by Crippen LogP contribution is -2.68. The number of methoxy groups -OCH3 is 1. The molecule has 0 N–H and O–H groups in total. The van der Waals surface area contributed by atoms with Crippen molar-refractivity contribution in [3.63, 3.8) is 0 Å². The Labute approximate surface area is 310 Å². The van der Waals surface area contributed by atoms with Crippen molar-refractivity contribution in [3.05, 3.63) is 11.8 Å². The normalized spacial score (nSPS) is 37.0. The number of rotatable bonds is 13. The van der Waals surface area contributed by atoms with Crippen LogP contribution in [0, 0.1) is 39.9 Å². The second-order valence-corrected chi connectivity index (χ2v) is 34.4. The summed E-state index contributed by atoms with van der Waals surface area (Å²) in [4.78, 5) is 14.3. The molecule has 0 aromatic heterocycles. The first-order valence-electron chi connectivity index (χ1n) is 20.7. The van der Waals surface area contributed by atoms with Crippen LogP contribution in [0.15, 0.2) is 11.8 Å². The third kappa shape index (κ3) is 7.59. The standard InChI is InChI=1S/C41H80O5Si3/c1-20-49(21-2,22-3)46-33-26-29(4)25-32-31(33)27-34(45-48(18,19)38(9,10)11)36-39(32,12)28-35(43-15)41(14,30(5)42)40(36,13)23-24-44-47(16,17)37(6,7)8/h28-29,31-34,36H,20-27H2,1-19H3/t29-,31+,32-,33-,34+,36+,39+,40+,41-/m1/s1/i24D2. The van der Waals surface area contributed by atoms with E-state index in [2.05, 4.69) is 115 Å². The summed E-state index contributed by atoms with van der Waals surface area (Å²) in [5.41, 5.74) is -2.39. The number of fused-ring (bicyclic) bond motifs is 3. The highest BCUT2D eigenvalue weighted by Crippen LogP contribution is 2.70. The molecule has 9 atom stereocenters. The van der Waals surface area contributed by atoms with E-state index >= 15 is 0 Å². The zero-order valence-electron chi connectivity index (χ0n) is 37.5. The summed E-state index contributed by atoms with van der Waals surface area (Å²) in [5.74, 6) is 1.59. The summed E-state index contributed by atoms with van der Waals surface area (Å²) in [6.45, 7) is 38.0. The molecule has 286 valence electrons. The second kappa shape index (κ2) is 14.5. The van der Waals surface area contributed by atoms with Gasteiger partial charge in [0.25, 0.3) is 0 Å². The lowest BCUT2D eigenvalue weighted by molar-refractivity contribution is -0.196. The van der Waals surface area contributed by atoms with Crippen molar-refractivity contribution in [1.82, 2.24) is 0 Å². The van der Waals surface area contributed by atoms with Gasteiger partial charge in [-0.3, -0.25) is 4.79 Å². The monoisotopic (exact) mass is 739 g/mol. The van der Waals surface area contributed by atoms with E-state index in [-0.39, 0.29) is 46.3 Å². The average molecular weight is 739 g/mol. The lowest BCUT2D eigenvalue weighted by Gasteiger charge is -2.68. The van der Waals surface area contributed by atoms with Crippen molar-refractivity contribution in [2.24, 2.45) is 39.9 Å². The smallest absolute Gasteiger partial charge is 0.192 e. The Morgan fingerprint density at radius 3 is 1.86 bits per heavy atom. The van der Waals surface area contributed by atoms with Crippen LogP contribution in [0.5, 0.6) is 0 Å². The molecular weight excluding hydrogens is 657 g/mol. The highest BCUT2D eigenvalue weighted by atomic mass is 28.4. The molecule has 2 saturated carbocycles. The molecule has 0 radical (unpaired) electrons. The SMILES string of the molecule is [2H]C([2H])(C[C@@]1(C)[C@H]2[C@@H](O[Si](C)(C)C(C)(C)C)C[C@H]3[C@@H](C[C@@H](C)C[C@H]3O[Si](CC)(CC)CC)[C@]2(C)C=C(OC)[C@@]1(C)C(C)=O)O[Si](C)(C)C(C)(C)C. The number of Topliss-reactive ketones (excluding diaryl/α,β-unsaturated/α-hetero) is 1. The number of ketones is 1. The van der Waals surface area contributed by atoms with Gasteiger partial charge in [0.1, 0.15) is 11.5 Å². The number of hydrogen-bond donors (Lipinski definition) is 0. The molecule has 3 aliphatic rings. The van der Waals surface area contributed by atoms with Gasteiger partial charge in [-0.2, -0.15) is 0 Å². The van der Waals surface area contributed by atoms with Crippen molar-refractivity contribution in [1.29, 1.82) is 0 Å².